The van der Waals surface area contributed by atoms with Crippen molar-refractivity contribution in [3.63, 3.8) is 0 Å². The summed E-state index contributed by atoms with van der Waals surface area (Å²) in [6.07, 6.45) is 4.88. The molecule has 21 heteroatoms. The number of Topliss-reactive ketones (excluding diaryl/α,β-unsaturated/α-hetero) is 1. The Bertz CT molecular complexity index is 2850. The van der Waals surface area contributed by atoms with Crippen molar-refractivity contribution in [2.75, 3.05) is 52.0 Å². The molecule has 2 fully saturated rings. The first-order chi connectivity index (χ1) is 36.0. The van der Waals surface area contributed by atoms with Gasteiger partial charge in [-0.3, -0.25) is 19.4 Å². The lowest BCUT2D eigenvalue weighted by Crippen LogP contribution is -2.50. The maximum absolute atomic E-state index is 14.2. The monoisotopic (exact) mass is 1030 g/mol. The Hall–Kier alpha value is -7.78. The summed E-state index contributed by atoms with van der Waals surface area (Å²) in [4.78, 5) is 75.8. The largest absolute Gasteiger partial charge is 0.493 e. The normalized spacial score (nSPS) is 18.7. The van der Waals surface area contributed by atoms with Crippen LogP contribution in [0.3, 0.4) is 0 Å². The molecular formula is C54H66N10O11. The number of aliphatic hydroxyl groups is 1. The number of nitrogens with two attached hydrogens (primary N) is 2. The first kappa shape index (κ1) is 53.5. The zero-order valence-corrected chi connectivity index (χ0v) is 42.9. The van der Waals surface area contributed by atoms with E-state index in [4.69, 9.17) is 35.2 Å². The van der Waals surface area contributed by atoms with E-state index in [1.165, 1.54) is 35.9 Å². The zero-order chi connectivity index (χ0) is 53.5. The van der Waals surface area contributed by atoms with Gasteiger partial charge in [-0.15, -0.1) is 5.10 Å². The quantitative estimate of drug-likeness (QED) is 0.0511. The van der Waals surface area contributed by atoms with E-state index in [-0.39, 0.29) is 91.6 Å². The number of nitrogens with zero attached hydrogens (tertiary/aromatic N) is 7. The van der Waals surface area contributed by atoms with Crippen molar-refractivity contribution in [3.05, 3.63) is 107 Å². The van der Waals surface area contributed by atoms with E-state index >= 15 is 0 Å². The number of hydrogen-bond donors (Lipinski definition) is 4. The van der Waals surface area contributed by atoms with Crippen molar-refractivity contribution in [2.24, 2.45) is 22.4 Å². The molecule has 75 heavy (non-hydrogen) atoms. The standard InChI is InChI=1S/C54H66N10O11/c1-31(2)49(55)40-29-63(60-59-40)41(11-10-16-57-53(56)69)44(65)21-34-12-14-35(15-13-34)30-75-54(70)64-42-25-48(46(72-6)23-38(42)51(67)62-28-33(4)20-43(62)52(64)68)74-18-9-7-8-17-73-47-24-39-37(22-45(47)71-5)50(66)61-27-32(3)19-36(61)26-58-39/h12-15,22-26,29,31,36,41,43,49,52,68H,3-4,7-11,16-21,27-28,30,55H2,1-2,5-6H3,(H3,56,57,69)/t36-,41-,43-,49-,52-/m0/s1. The maximum Gasteiger partial charge on any atom is 0.416 e. The average molecular weight is 1030 g/mol. The Kier molecular flexibility index (Phi) is 16.8. The second-order valence-corrected chi connectivity index (χ2v) is 19.6. The fourth-order valence-corrected chi connectivity index (χ4v) is 9.71. The van der Waals surface area contributed by atoms with Crippen LogP contribution in [0, 0.1) is 5.92 Å². The number of primary amides is 1. The van der Waals surface area contributed by atoms with Gasteiger partial charge in [-0.1, -0.05) is 67.6 Å². The molecule has 2 saturated heterocycles. The lowest BCUT2D eigenvalue weighted by atomic mass is 9.99. The summed E-state index contributed by atoms with van der Waals surface area (Å²) >= 11 is 0. The number of rotatable bonds is 22. The van der Waals surface area contributed by atoms with E-state index in [0.717, 1.165) is 16.0 Å². The number of carbonyl (C=O) groups excluding carboxylic acids is 5. The molecular weight excluding hydrogens is 965 g/mol. The highest BCUT2D eigenvalue weighted by molar-refractivity contribution is 6.06. The molecule has 0 radical (unpaired) electrons. The number of carbonyl (C=O) groups is 5. The number of anilines is 1. The molecule has 8 rings (SSSR count). The highest BCUT2D eigenvalue weighted by Crippen LogP contribution is 2.43. The number of methoxy groups -OCH3 is 2. The average Bonchev–Trinajstić information content (AvgIpc) is 4.13. The van der Waals surface area contributed by atoms with Gasteiger partial charge in [0.1, 0.15) is 12.6 Å². The zero-order valence-electron chi connectivity index (χ0n) is 42.9. The van der Waals surface area contributed by atoms with Crippen LogP contribution < -0.4 is 40.6 Å². The van der Waals surface area contributed by atoms with Crippen molar-refractivity contribution in [1.29, 1.82) is 0 Å². The van der Waals surface area contributed by atoms with Crippen molar-refractivity contribution in [3.8, 4) is 23.0 Å². The van der Waals surface area contributed by atoms with Crippen LogP contribution in [0.4, 0.5) is 21.0 Å². The van der Waals surface area contributed by atoms with Gasteiger partial charge in [0.05, 0.1) is 80.0 Å². The smallest absolute Gasteiger partial charge is 0.416 e. The molecule has 0 bridgehead atoms. The van der Waals surface area contributed by atoms with Crippen LogP contribution >= 0.6 is 0 Å². The molecule has 4 aromatic rings. The predicted molar refractivity (Wildman–Crippen MR) is 278 cm³/mol. The third kappa shape index (κ3) is 12.1. The van der Waals surface area contributed by atoms with Crippen LogP contribution in [-0.2, 0) is 22.6 Å². The fourth-order valence-electron chi connectivity index (χ4n) is 9.71. The molecule has 4 aliphatic heterocycles. The fraction of sp³-hybridized carbons (Fsp3) is 0.444. The third-order valence-electron chi connectivity index (χ3n) is 13.9. The molecule has 0 saturated carbocycles. The number of nitrogens with one attached hydrogen (secondary N) is 1. The summed E-state index contributed by atoms with van der Waals surface area (Å²) in [6, 6.07) is 10.8. The van der Waals surface area contributed by atoms with Gasteiger partial charge in [0.2, 0.25) is 0 Å². The van der Waals surface area contributed by atoms with Gasteiger partial charge in [0, 0.05) is 44.4 Å². The molecule has 1 aromatic heterocycles. The number of hydrogen-bond acceptors (Lipinski definition) is 15. The summed E-state index contributed by atoms with van der Waals surface area (Å²) in [7, 11) is 2.98. The molecule has 5 amide bonds. The maximum atomic E-state index is 14.2. The van der Waals surface area contributed by atoms with Gasteiger partial charge in [-0.2, -0.15) is 0 Å². The SMILES string of the molecule is C=C1C[C@H]2C=Nc3cc(OCCCCCOc4cc5c(cc4OC)C(=O)N4CC(=C)C[C@H]4[C@H](O)N5C(=O)OCc4ccc(CC(=O)[C@H](CCCNC(N)=O)n5cc([C@@H](N)C(C)C)nn5)cc4)c(OC)cc3C(=O)N2C1. The number of aliphatic hydroxyl groups excluding tert-OH is 1. The van der Waals surface area contributed by atoms with Gasteiger partial charge in [0.25, 0.3) is 11.8 Å². The van der Waals surface area contributed by atoms with Crippen molar-refractivity contribution in [2.45, 2.75) is 102 Å². The summed E-state index contributed by atoms with van der Waals surface area (Å²) in [6.45, 7) is 13.4. The van der Waals surface area contributed by atoms with Gasteiger partial charge >= 0.3 is 12.1 Å². The summed E-state index contributed by atoms with van der Waals surface area (Å²) in [5.41, 5.74) is 16.3. The van der Waals surface area contributed by atoms with Crippen LogP contribution in [0.1, 0.15) is 108 Å². The molecule has 6 N–H and O–H groups in total. The predicted octanol–water partition coefficient (Wildman–Crippen LogP) is 6.11. The minimum Gasteiger partial charge on any atom is -0.493 e. The van der Waals surface area contributed by atoms with Crippen molar-refractivity contribution in [1.82, 2.24) is 30.1 Å². The Morgan fingerprint density at radius 2 is 1.48 bits per heavy atom. The van der Waals surface area contributed by atoms with Crippen LogP contribution in [-0.4, -0.2) is 131 Å². The lowest BCUT2D eigenvalue weighted by molar-refractivity contribution is -0.122. The molecule has 0 unspecified atom stereocenters. The molecule has 398 valence electrons. The Morgan fingerprint density at radius 1 is 0.840 bits per heavy atom. The third-order valence-corrected chi connectivity index (χ3v) is 13.9. The topological polar surface area (TPSA) is 269 Å². The van der Waals surface area contributed by atoms with E-state index < -0.39 is 36.3 Å². The second kappa shape index (κ2) is 23.6. The van der Waals surface area contributed by atoms with E-state index in [9.17, 15) is 29.1 Å². The number of unbranched alkanes of at least 4 members (excludes halogenated alkanes) is 2. The molecule has 5 heterocycles. The summed E-state index contributed by atoms with van der Waals surface area (Å²) < 4.78 is 31.0. The molecule has 4 aliphatic rings. The van der Waals surface area contributed by atoms with E-state index in [2.05, 4.69) is 33.8 Å². The number of aliphatic imine (C=N–C) groups is 1. The number of ether oxygens (including phenoxy) is 5. The Morgan fingerprint density at radius 3 is 2.16 bits per heavy atom. The summed E-state index contributed by atoms with van der Waals surface area (Å²) in [5, 5.41) is 22.9. The minimum absolute atomic E-state index is 0.0549. The number of urea groups is 1. The highest BCUT2D eigenvalue weighted by atomic mass is 16.6. The minimum atomic E-state index is -1.50. The molecule has 0 spiro atoms. The molecule has 21 nitrogen and oxygen atoms in total. The van der Waals surface area contributed by atoms with Crippen molar-refractivity contribution < 1.29 is 52.8 Å². The van der Waals surface area contributed by atoms with Gasteiger partial charge < -0.3 is 55.4 Å². The number of ketones is 1. The van der Waals surface area contributed by atoms with Crippen LogP contribution in [0.25, 0.3) is 0 Å². The van der Waals surface area contributed by atoms with Crippen LogP contribution in [0.15, 0.2) is 84.0 Å². The number of benzene rings is 3. The second-order valence-electron chi connectivity index (χ2n) is 19.6. The number of aromatic nitrogens is 3. The summed E-state index contributed by atoms with van der Waals surface area (Å²) in [5.74, 6) is 0.852. The van der Waals surface area contributed by atoms with E-state index in [1.807, 2.05) is 13.8 Å². The van der Waals surface area contributed by atoms with Gasteiger partial charge in [-0.05, 0) is 74.1 Å². The van der Waals surface area contributed by atoms with E-state index in [1.54, 1.807) is 53.7 Å². The lowest BCUT2D eigenvalue weighted by Gasteiger charge is -2.31. The van der Waals surface area contributed by atoms with Gasteiger partial charge in [0.15, 0.2) is 35.0 Å². The van der Waals surface area contributed by atoms with Crippen molar-refractivity contribution >= 4 is 47.3 Å². The molecule has 0 aliphatic carbocycles. The van der Waals surface area contributed by atoms with Gasteiger partial charge in [-0.25, -0.2) is 19.2 Å². The Labute approximate surface area is 435 Å². The Balaban J connectivity index is 0.900. The highest BCUT2D eigenvalue weighted by Gasteiger charge is 2.46. The number of fused-ring (bicyclic) bond motifs is 4. The van der Waals surface area contributed by atoms with Crippen LogP contribution in [0.5, 0.6) is 23.0 Å². The van der Waals surface area contributed by atoms with E-state index in [0.29, 0.717) is 91.2 Å². The first-order valence-corrected chi connectivity index (χ1v) is 25.2. The molecule has 3 aromatic carbocycles. The molecule has 5 atom stereocenters. The first-order valence-electron chi connectivity index (χ1n) is 25.2. The van der Waals surface area contributed by atoms with Crippen LogP contribution in [0.2, 0.25) is 0 Å². The number of amides is 5.